The third-order valence-electron chi connectivity index (χ3n) is 4.89. The fourth-order valence-electron chi connectivity index (χ4n) is 3.54. The predicted molar refractivity (Wildman–Crippen MR) is 118 cm³/mol. The smallest absolute Gasteiger partial charge is 0.0994 e. The Balaban J connectivity index is 0.00000300. The van der Waals surface area contributed by atoms with E-state index in [4.69, 9.17) is 18.9 Å². The molecule has 0 N–H and O–H groups in total. The minimum Gasteiger partial charge on any atom is -0.379 e. The topological polar surface area (TPSA) is 36.9 Å². The Labute approximate surface area is 187 Å². The molecule has 1 saturated heterocycles. The number of rotatable bonds is 4. The molecule has 1 fully saturated rings. The summed E-state index contributed by atoms with van der Waals surface area (Å²) in [5.74, 6) is 0. The van der Waals surface area contributed by atoms with Crippen LogP contribution >= 0.6 is 0 Å². The third kappa shape index (κ3) is 9.05. The van der Waals surface area contributed by atoms with Crippen molar-refractivity contribution in [3.8, 4) is 0 Å². The first-order chi connectivity index (χ1) is 13.9. The van der Waals surface area contributed by atoms with Gasteiger partial charge in [-0.3, -0.25) is 0 Å². The van der Waals surface area contributed by atoms with Gasteiger partial charge in [-0.15, -0.1) is 0 Å². The molecule has 0 amide bonds. The molecule has 3 rings (SSSR count). The molecule has 1 aliphatic rings. The van der Waals surface area contributed by atoms with E-state index in [9.17, 15) is 0 Å². The molecule has 154 valence electrons. The van der Waals surface area contributed by atoms with Crippen molar-refractivity contribution in [1.29, 1.82) is 0 Å². The first kappa shape index (κ1) is 24.1. The third-order valence-corrected chi connectivity index (χ3v) is 4.89. The number of benzene rings is 2. The van der Waals surface area contributed by atoms with E-state index in [1.807, 2.05) is 0 Å². The molecule has 0 aliphatic carbocycles. The van der Waals surface area contributed by atoms with Crippen molar-refractivity contribution in [2.75, 3.05) is 46.2 Å². The van der Waals surface area contributed by atoms with Gasteiger partial charge in [0.1, 0.15) is 0 Å². The Morgan fingerprint density at radius 1 is 0.586 bits per heavy atom. The van der Waals surface area contributed by atoms with Crippen LogP contribution < -0.4 is 0 Å². The molecule has 4 nitrogen and oxygen atoms in total. The molecule has 2 aromatic carbocycles. The van der Waals surface area contributed by atoms with E-state index in [1.165, 1.54) is 11.1 Å². The van der Waals surface area contributed by atoms with E-state index in [0.717, 1.165) is 25.7 Å². The van der Waals surface area contributed by atoms with Crippen LogP contribution in [0.2, 0.25) is 0 Å². The van der Waals surface area contributed by atoms with E-state index in [2.05, 4.69) is 60.7 Å². The number of hydrogen-bond donors (Lipinski definition) is 0. The minimum atomic E-state index is -0.395. The molecule has 0 atom stereocenters. The van der Waals surface area contributed by atoms with Gasteiger partial charge < -0.3 is 18.9 Å². The van der Waals surface area contributed by atoms with Crippen LogP contribution in [0.3, 0.4) is 0 Å². The van der Waals surface area contributed by atoms with E-state index in [0.29, 0.717) is 46.2 Å². The summed E-state index contributed by atoms with van der Waals surface area (Å²) in [5, 5.41) is 0. The van der Waals surface area contributed by atoms with Crippen LogP contribution in [0.5, 0.6) is 0 Å². The molecule has 0 unspecified atom stereocenters. The van der Waals surface area contributed by atoms with Crippen LogP contribution in [0.25, 0.3) is 0 Å². The van der Waals surface area contributed by atoms with Gasteiger partial charge in [0.15, 0.2) is 0 Å². The maximum absolute atomic E-state index is 6.55. The average Bonchev–Trinajstić information content (AvgIpc) is 2.73. The largest absolute Gasteiger partial charge is 0.379 e. The zero-order valence-corrected chi connectivity index (χ0v) is 16.7. The molecule has 29 heavy (non-hydrogen) atoms. The fourth-order valence-corrected chi connectivity index (χ4v) is 3.54. The van der Waals surface area contributed by atoms with Gasteiger partial charge >= 0.3 is 18.9 Å². The average molecular weight is 392 g/mol. The maximum atomic E-state index is 6.55. The second-order valence-electron chi connectivity index (χ2n) is 7.34. The van der Waals surface area contributed by atoms with Gasteiger partial charge in [0.25, 0.3) is 0 Å². The van der Waals surface area contributed by atoms with Crippen molar-refractivity contribution in [3.63, 3.8) is 0 Å². The summed E-state index contributed by atoms with van der Waals surface area (Å²) in [6.45, 7) is 4.58. The van der Waals surface area contributed by atoms with Crippen molar-refractivity contribution in [2.45, 2.75) is 31.3 Å². The second-order valence-corrected chi connectivity index (χ2v) is 7.34. The summed E-state index contributed by atoms with van der Waals surface area (Å²) in [6, 6.07) is 21.1. The molecular formula is C24H33LiO4. The summed E-state index contributed by atoms with van der Waals surface area (Å²) in [5.41, 5.74) is 2.14. The molecule has 0 spiro atoms. The molecule has 0 bridgehead atoms. The van der Waals surface area contributed by atoms with Crippen molar-refractivity contribution in [1.82, 2.24) is 0 Å². The summed E-state index contributed by atoms with van der Waals surface area (Å²) in [4.78, 5) is 0. The number of ether oxygens (including phenoxy) is 4. The van der Waals surface area contributed by atoms with Gasteiger partial charge in [0.05, 0.1) is 25.4 Å². The Morgan fingerprint density at radius 3 is 1.62 bits per heavy atom. The van der Waals surface area contributed by atoms with Crippen molar-refractivity contribution in [3.05, 3.63) is 71.8 Å². The normalized spacial score (nSPS) is 18.9. The molecule has 5 heteroatoms. The predicted octanol–water partition coefficient (Wildman–Crippen LogP) is 3.42. The molecule has 0 radical (unpaired) electrons. The molecule has 2 aromatic rings. The van der Waals surface area contributed by atoms with Crippen LogP contribution in [0.4, 0.5) is 0 Å². The number of hydrogen-bond acceptors (Lipinski definition) is 4. The molecular weight excluding hydrogens is 359 g/mol. The molecule has 0 aromatic heterocycles. The second kappa shape index (κ2) is 14.0. The Morgan fingerprint density at radius 2 is 1.07 bits per heavy atom. The van der Waals surface area contributed by atoms with Crippen molar-refractivity contribution >= 4 is 18.9 Å². The van der Waals surface area contributed by atoms with E-state index >= 15 is 0 Å². The van der Waals surface area contributed by atoms with E-state index in [1.54, 1.807) is 0 Å². The molecule has 1 heterocycles. The summed E-state index contributed by atoms with van der Waals surface area (Å²) in [6.07, 6.45) is 3.39. The first-order valence-corrected chi connectivity index (χ1v) is 10.3. The molecule has 1 aliphatic heterocycles. The van der Waals surface area contributed by atoms with Gasteiger partial charge in [-0.25, -0.2) is 0 Å². The Bertz CT molecular complexity index is 593. The monoisotopic (exact) mass is 392 g/mol. The van der Waals surface area contributed by atoms with Gasteiger partial charge in [0.2, 0.25) is 0 Å². The first-order valence-electron chi connectivity index (χ1n) is 10.3. The van der Waals surface area contributed by atoms with Crippen molar-refractivity contribution in [2.24, 2.45) is 0 Å². The van der Waals surface area contributed by atoms with Gasteiger partial charge in [0, 0.05) is 39.3 Å². The van der Waals surface area contributed by atoms with Crippen LogP contribution in [0.1, 0.15) is 24.0 Å². The van der Waals surface area contributed by atoms with Crippen LogP contribution in [-0.4, -0.2) is 70.7 Å². The minimum absolute atomic E-state index is 0. The zero-order chi connectivity index (χ0) is 19.3. The van der Waals surface area contributed by atoms with Crippen LogP contribution in [0.15, 0.2) is 60.7 Å². The van der Waals surface area contributed by atoms with Crippen LogP contribution in [-0.2, 0) is 31.8 Å². The zero-order valence-electron chi connectivity index (χ0n) is 16.7. The summed E-state index contributed by atoms with van der Waals surface area (Å²) >= 11 is 0. The molecule has 0 saturated carbocycles. The quantitative estimate of drug-likeness (QED) is 0.747. The van der Waals surface area contributed by atoms with Gasteiger partial charge in [-0.1, -0.05) is 60.7 Å². The maximum Gasteiger partial charge on any atom is 0.0994 e. The Kier molecular flexibility index (Phi) is 11.6. The van der Waals surface area contributed by atoms with E-state index in [-0.39, 0.29) is 18.9 Å². The summed E-state index contributed by atoms with van der Waals surface area (Å²) < 4.78 is 23.9. The van der Waals surface area contributed by atoms with Crippen molar-refractivity contribution < 1.29 is 18.9 Å². The summed E-state index contributed by atoms with van der Waals surface area (Å²) in [7, 11) is 0. The van der Waals surface area contributed by atoms with Gasteiger partial charge in [-0.05, 0) is 24.0 Å². The SMILES string of the molecule is [LiH].c1ccc(CC2(Cc3ccccc3)COCCCOCCOCCCO2)cc1. The standard InChI is InChI=1S/C24H32O4.Li.H/c1-3-9-22(10-4-1)19-24(20-23-11-5-2-6-12-23)21-27-15-7-13-25-17-18-26-14-8-16-28-24;;/h1-6,9-12H,7-8,13-21H2;;. The van der Waals surface area contributed by atoms with Gasteiger partial charge in [-0.2, -0.15) is 0 Å². The fraction of sp³-hybridized carbons (Fsp3) is 0.500. The Hall–Kier alpha value is -1.12. The van der Waals surface area contributed by atoms with E-state index < -0.39 is 5.60 Å². The van der Waals surface area contributed by atoms with Crippen LogP contribution in [0, 0.1) is 0 Å².